The van der Waals surface area contributed by atoms with Gasteiger partial charge in [-0.15, -0.1) is 0 Å². The van der Waals surface area contributed by atoms with E-state index in [-0.39, 0.29) is 59.6 Å². The third-order valence-electron chi connectivity index (χ3n) is 9.80. The van der Waals surface area contributed by atoms with Crippen LogP contribution >= 0.6 is 35.2 Å². The SMILES string of the molecule is CCCCCCCC/C=C\CCCC(=O)CC(=O)SCCNC(=O)CCNC(=O)[C@H](O)C(C)(C)COP(=O)([O-])OP(=O)([O-])OC[C@H]1O[C@@H](n2cnc3c(N)ncnc32)[C@H](O)[C@@H]1OP(=O)([O-])[O-]. The van der Waals surface area contributed by atoms with E-state index in [0.29, 0.717) is 12.8 Å². The quantitative estimate of drug-likeness (QED) is 0.0289. The number of imidazole rings is 1. The number of nitrogens with two attached hydrogens (primary N) is 1. The maximum absolute atomic E-state index is 12.6. The predicted molar refractivity (Wildman–Crippen MR) is 229 cm³/mol. The molecule has 1 fully saturated rings. The topological polar surface area (TPSA) is 392 Å². The van der Waals surface area contributed by atoms with Crippen molar-refractivity contribution in [3.8, 4) is 0 Å². The van der Waals surface area contributed by atoms with E-state index in [2.05, 4.69) is 62.5 Å². The minimum absolute atomic E-state index is 0.0267. The Labute approximate surface area is 385 Å². The van der Waals surface area contributed by atoms with Crippen LogP contribution in [0.1, 0.15) is 104 Å². The molecular formula is C37H58N7O18P3S-4. The molecule has 0 saturated carbocycles. The Morgan fingerprint density at radius 1 is 0.955 bits per heavy atom. The number of anilines is 1. The molecule has 66 heavy (non-hydrogen) atoms. The number of phosphoric ester groups is 3. The summed E-state index contributed by atoms with van der Waals surface area (Å²) in [6.45, 7) is 2.11. The first-order valence-electron chi connectivity index (χ1n) is 21.1. The summed E-state index contributed by atoms with van der Waals surface area (Å²) in [5, 5.41) is 26.0. The summed E-state index contributed by atoms with van der Waals surface area (Å²) in [6.07, 6.45) is 6.48. The maximum atomic E-state index is 12.6. The average Bonchev–Trinajstić information content (AvgIpc) is 3.79. The highest BCUT2D eigenvalue weighted by Crippen LogP contribution is 2.56. The Bertz CT molecular complexity index is 2090. The highest BCUT2D eigenvalue weighted by molar-refractivity contribution is 8.13. The Balaban J connectivity index is 1.35. The molecule has 2 unspecified atom stereocenters. The van der Waals surface area contributed by atoms with E-state index in [1.807, 2.05) is 0 Å². The number of phosphoric acid groups is 3. The molecule has 3 rings (SSSR count). The third kappa shape index (κ3) is 20.3. The summed E-state index contributed by atoms with van der Waals surface area (Å²) in [7, 11) is -17.7. The Kier molecular flexibility index (Phi) is 23.6. The van der Waals surface area contributed by atoms with Crippen molar-refractivity contribution in [3.63, 3.8) is 0 Å². The number of aromatic nitrogens is 4. The number of carbonyl (C=O) groups excluding carboxylic acids is 4. The molecule has 1 saturated heterocycles. The van der Waals surface area contributed by atoms with E-state index in [9.17, 15) is 62.7 Å². The van der Waals surface area contributed by atoms with Crippen LogP contribution in [0.2, 0.25) is 0 Å². The molecule has 0 bridgehead atoms. The number of carbonyl (C=O) groups is 4. The van der Waals surface area contributed by atoms with Crippen LogP contribution in [-0.4, -0.2) is 109 Å². The van der Waals surface area contributed by atoms with Crippen LogP contribution in [0.25, 0.3) is 11.2 Å². The van der Waals surface area contributed by atoms with Crippen LogP contribution in [0.5, 0.6) is 0 Å². The van der Waals surface area contributed by atoms with Crippen LogP contribution in [0, 0.1) is 5.41 Å². The van der Waals surface area contributed by atoms with Gasteiger partial charge in [-0.3, -0.25) is 32.9 Å². The summed E-state index contributed by atoms with van der Waals surface area (Å²) in [5.41, 5.74) is 4.04. The van der Waals surface area contributed by atoms with Gasteiger partial charge in [0.25, 0.3) is 15.6 Å². The summed E-state index contributed by atoms with van der Waals surface area (Å²) in [5.74, 6) is -1.57. The minimum Gasteiger partial charge on any atom is -0.790 e. The van der Waals surface area contributed by atoms with Crippen molar-refractivity contribution in [3.05, 3.63) is 24.8 Å². The number of unbranched alkanes of at least 4 members (excludes halogenated alkanes) is 7. The van der Waals surface area contributed by atoms with Gasteiger partial charge in [-0.25, -0.2) is 19.3 Å². The first kappa shape index (κ1) is 57.3. The van der Waals surface area contributed by atoms with Crippen molar-refractivity contribution in [1.82, 2.24) is 30.2 Å². The number of aliphatic hydroxyl groups excluding tert-OH is 2. The molecule has 0 aromatic carbocycles. The van der Waals surface area contributed by atoms with Crippen LogP contribution in [0.4, 0.5) is 5.82 Å². The van der Waals surface area contributed by atoms with Gasteiger partial charge in [0, 0.05) is 37.1 Å². The molecule has 0 spiro atoms. The number of hydrogen-bond acceptors (Lipinski definition) is 23. The Morgan fingerprint density at radius 2 is 1.62 bits per heavy atom. The zero-order chi connectivity index (χ0) is 49.1. The van der Waals surface area contributed by atoms with Crippen molar-refractivity contribution in [2.75, 3.05) is 37.8 Å². The summed E-state index contributed by atoms with van der Waals surface area (Å²) >= 11 is 0.912. The second kappa shape index (κ2) is 27.2. The van der Waals surface area contributed by atoms with E-state index in [4.69, 9.17) is 10.5 Å². The van der Waals surface area contributed by atoms with Gasteiger partial charge < -0.3 is 69.0 Å². The van der Waals surface area contributed by atoms with Crippen LogP contribution in [-0.2, 0) is 55.5 Å². The molecule has 0 radical (unpaired) electrons. The number of nitrogens with one attached hydrogen (secondary N) is 2. The van der Waals surface area contributed by atoms with Gasteiger partial charge >= 0.3 is 0 Å². The monoisotopic (exact) mass is 1010 g/mol. The number of rotatable bonds is 32. The normalized spacial score (nSPS) is 20.3. The molecule has 2 aromatic heterocycles. The molecule has 1 aliphatic rings. The minimum atomic E-state index is -5.93. The number of fused-ring (bicyclic) bond motifs is 1. The van der Waals surface area contributed by atoms with Crippen LogP contribution in [0.3, 0.4) is 0 Å². The van der Waals surface area contributed by atoms with Crippen LogP contribution in [0.15, 0.2) is 24.8 Å². The number of hydrogen-bond donors (Lipinski definition) is 5. The van der Waals surface area contributed by atoms with Gasteiger partial charge in [0.05, 0.1) is 33.8 Å². The maximum Gasteiger partial charge on any atom is 0.274 e. The summed E-state index contributed by atoms with van der Waals surface area (Å²) in [4.78, 5) is 109. The molecule has 1 aliphatic heterocycles. The van der Waals surface area contributed by atoms with Gasteiger partial charge in [0.2, 0.25) is 11.8 Å². The molecule has 0 aliphatic carbocycles. The van der Waals surface area contributed by atoms with Crippen molar-refractivity contribution < 1.29 is 85.3 Å². The number of nitrogen functional groups attached to an aromatic ring is 1. The van der Waals surface area contributed by atoms with Crippen molar-refractivity contribution in [1.29, 1.82) is 0 Å². The number of nitrogens with zero attached hydrogens (tertiary/aromatic N) is 4. The van der Waals surface area contributed by atoms with E-state index in [0.717, 1.165) is 48.2 Å². The average molecular weight is 1010 g/mol. The molecule has 6 N–H and O–H groups in total. The Morgan fingerprint density at radius 3 is 2.32 bits per heavy atom. The fourth-order valence-corrected chi connectivity index (χ4v) is 9.70. The molecule has 2 aromatic rings. The molecular weight excluding hydrogens is 955 g/mol. The first-order chi connectivity index (χ1) is 30.9. The molecule has 374 valence electrons. The highest BCUT2D eigenvalue weighted by atomic mass is 32.2. The number of amides is 2. The Hall–Kier alpha value is -3.03. The fourth-order valence-electron chi connectivity index (χ4n) is 6.27. The summed E-state index contributed by atoms with van der Waals surface area (Å²) < 4.78 is 60.7. The van der Waals surface area contributed by atoms with Gasteiger partial charge in [0.1, 0.15) is 42.0 Å². The second-order valence-electron chi connectivity index (χ2n) is 15.8. The summed E-state index contributed by atoms with van der Waals surface area (Å²) in [6, 6.07) is 0. The second-order valence-corrected chi connectivity index (χ2v) is 21.1. The van der Waals surface area contributed by atoms with E-state index >= 15 is 0 Å². The van der Waals surface area contributed by atoms with E-state index in [1.54, 1.807) is 0 Å². The first-order valence-corrected chi connectivity index (χ1v) is 26.5. The lowest BCUT2D eigenvalue weighted by atomic mass is 9.87. The molecule has 2 amide bonds. The van der Waals surface area contributed by atoms with Gasteiger partial charge in [0.15, 0.2) is 22.8 Å². The fraction of sp³-hybridized carbons (Fsp3) is 0.703. The van der Waals surface area contributed by atoms with E-state index < -0.39 is 84.6 Å². The van der Waals surface area contributed by atoms with Crippen molar-refractivity contribution in [2.45, 2.75) is 128 Å². The van der Waals surface area contributed by atoms with E-state index in [1.165, 1.54) is 46.0 Å². The lowest BCUT2D eigenvalue weighted by Gasteiger charge is -2.36. The lowest BCUT2D eigenvalue weighted by molar-refractivity contribution is -0.347. The van der Waals surface area contributed by atoms with Crippen molar-refractivity contribution in [2.24, 2.45) is 5.41 Å². The largest absolute Gasteiger partial charge is 0.790 e. The smallest absolute Gasteiger partial charge is 0.274 e. The highest BCUT2D eigenvalue weighted by Gasteiger charge is 2.47. The van der Waals surface area contributed by atoms with Gasteiger partial charge in [-0.2, -0.15) is 0 Å². The number of ether oxygens (including phenoxy) is 1. The standard InChI is InChI=1S/C37H62N7O18P3S/c1-4-5-6-7-8-9-10-11-12-13-14-15-25(45)20-28(47)66-19-18-39-27(46)16-17-40-35(50)32(49)37(2,3)22-59-65(56,57)62-64(54,55)58-21-26-31(61-63(51,52)53)30(48)36(60-26)44-24-43-29-33(38)41-23-42-34(29)44/h11-12,23-24,26,30-32,36,48-49H,4-10,13-22H2,1-3H3,(H,39,46)(H,40,50)(H,54,55)(H,56,57)(H2,38,41,42)(H2,51,52,53)/p-4/b12-11-/t26-,30-,31-,32+,36-/m1/s1. The number of allylic oxidation sites excluding steroid dienone is 2. The third-order valence-corrected chi connectivity index (χ3v) is 13.7. The van der Waals surface area contributed by atoms with Crippen LogP contribution < -0.4 is 35.9 Å². The van der Waals surface area contributed by atoms with Crippen molar-refractivity contribution >= 4 is 74.9 Å². The number of Topliss-reactive ketones (excluding diaryl/α,β-unsaturated/α-hetero) is 1. The number of aliphatic hydroxyl groups is 2. The van der Waals surface area contributed by atoms with Gasteiger partial charge in [-0.05, 0) is 25.7 Å². The molecule has 7 atom stereocenters. The number of ketones is 1. The zero-order valence-electron chi connectivity index (χ0n) is 36.8. The molecule has 3 heterocycles. The molecule has 29 heteroatoms. The molecule has 25 nitrogen and oxygen atoms in total. The van der Waals surface area contributed by atoms with Gasteiger partial charge in [-0.1, -0.05) is 76.8 Å². The zero-order valence-corrected chi connectivity index (χ0v) is 40.3. The number of thioether (sulfide) groups is 1. The lowest BCUT2D eigenvalue weighted by Crippen LogP contribution is -2.46. The predicted octanol–water partition coefficient (Wildman–Crippen LogP) is 0.573.